The van der Waals surface area contributed by atoms with Crippen LogP contribution >= 0.6 is 0 Å². The molecule has 2 aromatic rings. The lowest BCUT2D eigenvalue weighted by atomic mass is 10.1. The van der Waals surface area contributed by atoms with Crippen molar-refractivity contribution in [2.24, 2.45) is 0 Å². The zero-order valence-electron chi connectivity index (χ0n) is 11.0. The quantitative estimate of drug-likeness (QED) is 0.522. The first-order valence-electron chi connectivity index (χ1n) is 6.11. The van der Waals surface area contributed by atoms with Crippen molar-refractivity contribution in [1.82, 2.24) is 0 Å². The first-order valence-corrected chi connectivity index (χ1v) is 6.11. The summed E-state index contributed by atoms with van der Waals surface area (Å²) in [5, 5.41) is 2.38. The van der Waals surface area contributed by atoms with Gasteiger partial charge in [0.15, 0.2) is 0 Å². The van der Waals surface area contributed by atoms with Gasteiger partial charge in [0.25, 0.3) is 0 Å². The van der Waals surface area contributed by atoms with E-state index >= 15 is 0 Å². The highest BCUT2D eigenvalue weighted by Crippen LogP contribution is 2.24. The van der Waals surface area contributed by atoms with Crippen LogP contribution in [0.5, 0.6) is 0 Å². The number of rotatable bonds is 0. The van der Waals surface area contributed by atoms with E-state index in [1.807, 2.05) is 13.8 Å². The van der Waals surface area contributed by atoms with Gasteiger partial charge in [0.05, 0.1) is 0 Å². The molecule has 1 aliphatic rings. The van der Waals surface area contributed by atoms with Crippen LogP contribution in [0.3, 0.4) is 0 Å². The maximum absolute atomic E-state index is 4.04. The van der Waals surface area contributed by atoms with Gasteiger partial charge in [0, 0.05) is 0 Å². The smallest absolute Gasteiger partial charge is 0.00994 e. The second kappa shape index (κ2) is 5.05. The van der Waals surface area contributed by atoms with Gasteiger partial charge in [0.1, 0.15) is 0 Å². The van der Waals surface area contributed by atoms with E-state index in [1.165, 1.54) is 27.5 Å². The molecule has 1 aliphatic carbocycles. The first kappa shape index (κ1) is 12.4. The molecule has 0 atom stereocenters. The largest absolute Gasteiger partial charge is 0.100 e. The second-order valence-electron chi connectivity index (χ2n) is 4.82. The number of hydrogen-bond donors (Lipinski definition) is 0. The molecule has 0 heteroatoms. The summed E-state index contributed by atoms with van der Waals surface area (Å²) in [6, 6.07) is 14.7. The molecule has 0 fully saturated rings. The predicted molar refractivity (Wildman–Crippen MR) is 80.7 cm³/mol. The van der Waals surface area contributed by atoms with Gasteiger partial charge in [0.2, 0.25) is 0 Å². The molecule has 0 heterocycles. The lowest BCUT2D eigenvalue weighted by Gasteiger charge is -1.99. The molecule has 0 aromatic heterocycles. The van der Waals surface area contributed by atoms with Crippen LogP contribution in [-0.4, -0.2) is 0 Å². The summed E-state index contributed by atoms with van der Waals surface area (Å²) in [5.74, 6) is 0. The monoisotopic (exact) mass is 234 g/mol. The molecule has 0 N–H and O–H groups in total. The van der Waals surface area contributed by atoms with E-state index in [1.54, 1.807) is 0 Å². The van der Waals surface area contributed by atoms with Crippen LogP contribution in [-0.2, 0) is 0 Å². The summed E-state index contributed by atoms with van der Waals surface area (Å²) in [5.41, 5.74) is 5.11. The Kier molecular flexibility index (Phi) is 3.47. The summed E-state index contributed by atoms with van der Waals surface area (Å²) >= 11 is 0. The number of hydrogen-bond acceptors (Lipinski definition) is 0. The van der Waals surface area contributed by atoms with Gasteiger partial charge in [-0.3, -0.25) is 0 Å². The molecule has 0 spiro atoms. The van der Waals surface area contributed by atoms with E-state index in [0.717, 1.165) is 5.22 Å². The van der Waals surface area contributed by atoms with Crippen LogP contribution in [0.15, 0.2) is 54.6 Å². The first-order chi connectivity index (χ1) is 8.59. The van der Waals surface area contributed by atoms with Crippen LogP contribution in [0.25, 0.3) is 23.8 Å². The Balaban J connectivity index is 0.000000267. The van der Waals surface area contributed by atoms with Crippen molar-refractivity contribution >= 4 is 12.7 Å². The lowest BCUT2D eigenvalue weighted by molar-refractivity contribution is 1.42. The molecular weight excluding hydrogens is 216 g/mol. The number of fused-ring (bicyclic) bond motifs is 3. The molecule has 0 saturated heterocycles. The summed E-state index contributed by atoms with van der Waals surface area (Å²) in [6.45, 7) is 11.5. The van der Waals surface area contributed by atoms with Gasteiger partial charge < -0.3 is 0 Å². The molecule has 0 aliphatic heterocycles. The van der Waals surface area contributed by atoms with Crippen LogP contribution < -0.4 is 10.4 Å². The highest BCUT2D eigenvalue weighted by Gasteiger charge is 2.09. The van der Waals surface area contributed by atoms with E-state index in [4.69, 9.17) is 0 Å². The van der Waals surface area contributed by atoms with E-state index < -0.39 is 0 Å². The Morgan fingerprint density at radius 3 is 2.22 bits per heavy atom. The average Bonchev–Trinajstić information content (AvgIpc) is 2.69. The van der Waals surface area contributed by atoms with Gasteiger partial charge >= 0.3 is 0 Å². The predicted octanol–water partition coefficient (Wildman–Crippen LogP) is 3.49. The van der Waals surface area contributed by atoms with Crippen molar-refractivity contribution in [3.8, 4) is 11.1 Å². The van der Waals surface area contributed by atoms with Crippen molar-refractivity contribution in [2.45, 2.75) is 13.8 Å². The van der Waals surface area contributed by atoms with Crippen LogP contribution in [0.2, 0.25) is 0 Å². The average molecular weight is 234 g/mol. The maximum atomic E-state index is 4.04. The van der Waals surface area contributed by atoms with Gasteiger partial charge in [-0.1, -0.05) is 54.6 Å². The minimum atomic E-state index is 1.11. The van der Waals surface area contributed by atoms with Crippen molar-refractivity contribution in [3.63, 3.8) is 0 Å². The Hall–Kier alpha value is -2.08. The normalized spacial score (nSPS) is 10.6. The molecule has 0 amide bonds. The van der Waals surface area contributed by atoms with Crippen LogP contribution in [0.1, 0.15) is 19.4 Å². The van der Waals surface area contributed by atoms with E-state index in [2.05, 4.69) is 61.7 Å². The Morgan fingerprint density at radius 1 is 0.889 bits per heavy atom. The van der Waals surface area contributed by atoms with Gasteiger partial charge in [-0.25, -0.2) is 0 Å². The Labute approximate surface area is 109 Å². The van der Waals surface area contributed by atoms with Crippen molar-refractivity contribution in [3.05, 3.63) is 70.6 Å². The minimum absolute atomic E-state index is 1.11. The maximum Gasteiger partial charge on any atom is -0.00994 e. The van der Waals surface area contributed by atoms with Gasteiger partial charge in [-0.15, -0.1) is 6.58 Å². The molecule has 0 bridgehead atoms. The molecule has 3 rings (SSSR count). The standard InChI is InChI=1S/C14H10.C4H8/c1-10-5-4-8-13-12-7-3-2-6-11(12)9-14(10)13;1-4(2)3/h2-9H,1H2;1H2,2-3H3. The third kappa shape index (κ3) is 2.43. The fraction of sp³-hybridized carbons (Fsp3) is 0.111. The van der Waals surface area contributed by atoms with E-state index in [-0.39, 0.29) is 0 Å². The fourth-order valence-corrected chi connectivity index (χ4v) is 2.04. The zero-order valence-corrected chi connectivity index (χ0v) is 11.0. The Morgan fingerprint density at radius 2 is 1.50 bits per heavy atom. The van der Waals surface area contributed by atoms with Crippen LogP contribution in [0, 0.1) is 0 Å². The highest BCUT2D eigenvalue weighted by molar-refractivity contribution is 5.82. The minimum Gasteiger partial charge on any atom is -0.100 e. The third-order valence-electron chi connectivity index (χ3n) is 2.75. The third-order valence-corrected chi connectivity index (χ3v) is 2.75. The molecule has 0 nitrogen and oxygen atoms in total. The number of allylic oxidation sites excluding steroid dienone is 1. The van der Waals surface area contributed by atoms with Crippen molar-refractivity contribution in [1.29, 1.82) is 0 Å². The van der Waals surface area contributed by atoms with Crippen LogP contribution in [0.4, 0.5) is 0 Å². The molecule has 0 saturated carbocycles. The molecule has 18 heavy (non-hydrogen) atoms. The molecular formula is C18H18. The summed E-state index contributed by atoms with van der Waals surface area (Å²) < 4.78 is 0. The lowest BCUT2D eigenvalue weighted by Crippen LogP contribution is -2.22. The molecule has 90 valence electrons. The van der Waals surface area contributed by atoms with Gasteiger partial charge in [-0.2, -0.15) is 0 Å². The SMILES string of the molecule is C=C(C)C.C=c1cccc2c1=Cc1ccccc1-2. The van der Waals surface area contributed by atoms with Gasteiger partial charge in [-0.05, 0) is 47.1 Å². The summed E-state index contributed by atoms with van der Waals surface area (Å²) in [4.78, 5) is 0. The summed E-state index contributed by atoms with van der Waals surface area (Å²) in [6.07, 6.45) is 2.22. The zero-order chi connectivity index (χ0) is 13.1. The topological polar surface area (TPSA) is 0 Å². The van der Waals surface area contributed by atoms with E-state index in [0.29, 0.717) is 0 Å². The molecule has 0 unspecified atom stereocenters. The van der Waals surface area contributed by atoms with Crippen molar-refractivity contribution in [2.75, 3.05) is 0 Å². The fourth-order valence-electron chi connectivity index (χ4n) is 2.04. The molecule has 0 radical (unpaired) electrons. The highest BCUT2D eigenvalue weighted by atomic mass is 14.1. The second-order valence-corrected chi connectivity index (χ2v) is 4.82. The van der Waals surface area contributed by atoms with Crippen molar-refractivity contribution < 1.29 is 0 Å². The number of benzene rings is 2. The summed E-state index contributed by atoms with van der Waals surface area (Å²) in [7, 11) is 0. The van der Waals surface area contributed by atoms with E-state index in [9.17, 15) is 0 Å². The Bertz CT molecular complexity index is 686. The molecule has 2 aromatic carbocycles.